The van der Waals surface area contributed by atoms with Crippen molar-refractivity contribution in [3.05, 3.63) is 83.9 Å². The molecule has 7 heteroatoms. The van der Waals surface area contributed by atoms with Crippen molar-refractivity contribution < 1.29 is 0 Å². The molecule has 3 rings (SSSR count). The Morgan fingerprint density at radius 2 is 1.79 bits per heavy atom. The van der Waals surface area contributed by atoms with Crippen LogP contribution in [0.5, 0.6) is 0 Å². The molecule has 0 saturated heterocycles. The summed E-state index contributed by atoms with van der Waals surface area (Å²) in [5, 5.41) is 11.0. The molecule has 3 aromatic rings. The Balaban J connectivity index is 0.00000300. The Labute approximate surface area is 189 Å². The van der Waals surface area contributed by atoms with Gasteiger partial charge in [-0.05, 0) is 16.7 Å². The van der Waals surface area contributed by atoms with Crippen molar-refractivity contribution in [3.8, 4) is 0 Å². The average Bonchev–Trinajstić information content (AvgIpc) is 3.22. The SMILES string of the molecule is CN=C(NCc1cccc(Cn2cncn2)c1)NCC(C)(C)c1ccccc1.I. The summed E-state index contributed by atoms with van der Waals surface area (Å²) in [6.07, 6.45) is 3.28. The van der Waals surface area contributed by atoms with Crippen molar-refractivity contribution in [1.29, 1.82) is 0 Å². The van der Waals surface area contributed by atoms with Crippen LogP contribution in [0, 0.1) is 0 Å². The van der Waals surface area contributed by atoms with E-state index in [1.165, 1.54) is 16.7 Å². The smallest absolute Gasteiger partial charge is 0.191 e. The lowest BCUT2D eigenvalue weighted by molar-refractivity contribution is 0.508. The average molecular weight is 504 g/mol. The Bertz CT molecular complexity index is 891. The summed E-state index contributed by atoms with van der Waals surface area (Å²) in [7, 11) is 1.80. The molecule has 0 aliphatic rings. The quantitative estimate of drug-likeness (QED) is 0.293. The van der Waals surface area contributed by atoms with Gasteiger partial charge < -0.3 is 10.6 Å². The molecule has 2 N–H and O–H groups in total. The van der Waals surface area contributed by atoms with Gasteiger partial charge in [0, 0.05) is 25.6 Å². The van der Waals surface area contributed by atoms with Crippen LogP contribution >= 0.6 is 24.0 Å². The first-order valence-electron chi connectivity index (χ1n) is 9.47. The minimum absolute atomic E-state index is 0. The zero-order valence-corrected chi connectivity index (χ0v) is 19.5. The van der Waals surface area contributed by atoms with Crippen LogP contribution in [0.1, 0.15) is 30.5 Å². The lowest BCUT2D eigenvalue weighted by Gasteiger charge is -2.26. The number of nitrogens with zero attached hydrogens (tertiary/aromatic N) is 4. The number of hydrogen-bond donors (Lipinski definition) is 2. The number of guanidine groups is 1. The van der Waals surface area contributed by atoms with E-state index in [1.54, 1.807) is 19.7 Å². The van der Waals surface area contributed by atoms with Crippen molar-refractivity contribution in [1.82, 2.24) is 25.4 Å². The lowest BCUT2D eigenvalue weighted by Crippen LogP contribution is -2.43. The number of nitrogens with one attached hydrogen (secondary N) is 2. The maximum absolute atomic E-state index is 4.36. The lowest BCUT2D eigenvalue weighted by atomic mass is 9.85. The van der Waals surface area contributed by atoms with Crippen molar-refractivity contribution in [2.24, 2.45) is 4.99 Å². The molecule has 0 unspecified atom stereocenters. The maximum Gasteiger partial charge on any atom is 0.191 e. The van der Waals surface area contributed by atoms with Gasteiger partial charge in [-0.1, -0.05) is 68.4 Å². The molecular formula is C22H29IN6. The summed E-state index contributed by atoms with van der Waals surface area (Å²) < 4.78 is 1.82. The normalized spacial score (nSPS) is 11.6. The topological polar surface area (TPSA) is 67.1 Å². The highest BCUT2D eigenvalue weighted by atomic mass is 127. The van der Waals surface area contributed by atoms with Gasteiger partial charge >= 0.3 is 0 Å². The summed E-state index contributed by atoms with van der Waals surface area (Å²) in [5.41, 5.74) is 3.70. The van der Waals surface area contributed by atoms with Crippen LogP contribution < -0.4 is 10.6 Å². The van der Waals surface area contributed by atoms with E-state index in [0.717, 1.165) is 12.5 Å². The predicted molar refractivity (Wildman–Crippen MR) is 129 cm³/mol. The van der Waals surface area contributed by atoms with Gasteiger partial charge in [-0.25, -0.2) is 9.67 Å². The fraction of sp³-hybridized carbons (Fsp3) is 0.318. The van der Waals surface area contributed by atoms with Crippen LogP contribution in [-0.2, 0) is 18.5 Å². The second-order valence-corrected chi connectivity index (χ2v) is 7.44. The molecule has 0 saturated carbocycles. The summed E-state index contributed by atoms with van der Waals surface area (Å²) in [6.45, 7) is 6.68. The fourth-order valence-corrected chi connectivity index (χ4v) is 3.04. The van der Waals surface area contributed by atoms with E-state index in [0.29, 0.717) is 13.1 Å². The van der Waals surface area contributed by atoms with Crippen LogP contribution in [0.15, 0.2) is 72.2 Å². The minimum Gasteiger partial charge on any atom is -0.356 e. The molecule has 6 nitrogen and oxygen atoms in total. The molecule has 1 heterocycles. The van der Waals surface area contributed by atoms with Gasteiger partial charge in [-0.15, -0.1) is 24.0 Å². The second-order valence-electron chi connectivity index (χ2n) is 7.44. The molecular weight excluding hydrogens is 475 g/mol. The summed E-state index contributed by atoms with van der Waals surface area (Å²) >= 11 is 0. The number of aliphatic imine (C=N–C) groups is 1. The zero-order valence-electron chi connectivity index (χ0n) is 17.2. The molecule has 0 radical (unpaired) electrons. The highest BCUT2D eigenvalue weighted by Gasteiger charge is 2.20. The van der Waals surface area contributed by atoms with E-state index >= 15 is 0 Å². The third-order valence-electron chi connectivity index (χ3n) is 4.74. The van der Waals surface area contributed by atoms with Gasteiger partial charge in [0.05, 0.1) is 6.54 Å². The molecule has 0 amide bonds. The molecule has 0 aliphatic heterocycles. The maximum atomic E-state index is 4.36. The zero-order chi connectivity index (χ0) is 19.8. The highest BCUT2D eigenvalue weighted by Crippen LogP contribution is 2.21. The highest BCUT2D eigenvalue weighted by molar-refractivity contribution is 14.0. The van der Waals surface area contributed by atoms with E-state index in [2.05, 4.69) is 88.1 Å². The minimum atomic E-state index is 0. The molecule has 0 bridgehead atoms. The number of rotatable bonds is 7. The third-order valence-corrected chi connectivity index (χ3v) is 4.74. The van der Waals surface area contributed by atoms with E-state index in [9.17, 15) is 0 Å². The third kappa shape index (κ3) is 6.85. The molecule has 154 valence electrons. The number of aromatic nitrogens is 3. The number of hydrogen-bond acceptors (Lipinski definition) is 3. The van der Waals surface area contributed by atoms with Gasteiger partial charge in [0.25, 0.3) is 0 Å². The standard InChI is InChI=1S/C22H28N6.HI/c1-22(2,20-10-5-4-6-11-20)15-26-21(23-3)25-13-18-8-7-9-19(12-18)14-28-17-24-16-27-28;/h4-12,16-17H,13-15H2,1-3H3,(H2,23,25,26);1H. The number of benzene rings is 2. The fourth-order valence-electron chi connectivity index (χ4n) is 3.04. The van der Waals surface area contributed by atoms with Gasteiger partial charge in [0.2, 0.25) is 0 Å². The van der Waals surface area contributed by atoms with E-state index in [1.807, 2.05) is 10.7 Å². The molecule has 0 atom stereocenters. The summed E-state index contributed by atoms with van der Waals surface area (Å²) in [5.74, 6) is 0.797. The molecule has 0 spiro atoms. The van der Waals surface area contributed by atoms with E-state index < -0.39 is 0 Å². The Kier molecular flexibility index (Phi) is 8.63. The summed E-state index contributed by atoms with van der Waals surface area (Å²) in [6, 6.07) is 19.0. The second kappa shape index (κ2) is 10.9. The first-order chi connectivity index (χ1) is 13.6. The summed E-state index contributed by atoms with van der Waals surface area (Å²) in [4.78, 5) is 8.34. The molecule has 0 fully saturated rings. The van der Waals surface area contributed by atoms with Gasteiger partial charge in [0.15, 0.2) is 5.96 Å². The van der Waals surface area contributed by atoms with Crippen LogP contribution in [0.3, 0.4) is 0 Å². The van der Waals surface area contributed by atoms with Crippen molar-refractivity contribution in [2.45, 2.75) is 32.4 Å². The molecule has 29 heavy (non-hydrogen) atoms. The van der Waals surface area contributed by atoms with Crippen LogP contribution in [0.4, 0.5) is 0 Å². The van der Waals surface area contributed by atoms with Gasteiger partial charge in [-0.3, -0.25) is 4.99 Å². The number of halogens is 1. The van der Waals surface area contributed by atoms with Crippen LogP contribution in [0.2, 0.25) is 0 Å². The van der Waals surface area contributed by atoms with Crippen molar-refractivity contribution in [3.63, 3.8) is 0 Å². The van der Waals surface area contributed by atoms with E-state index in [4.69, 9.17) is 0 Å². The molecule has 2 aromatic carbocycles. The Morgan fingerprint density at radius 1 is 1.03 bits per heavy atom. The molecule has 1 aromatic heterocycles. The predicted octanol–water partition coefficient (Wildman–Crippen LogP) is 3.59. The Hall–Kier alpha value is -2.42. The van der Waals surface area contributed by atoms with Crippen LogP contribution in [0.25, 0.3) is 0 Å². The first kappa shape index (κ1) is 22.9. The van der Waals surface area contributed by atoms with Crippen molar-refractivity contribution >= 4 is 29.9 Å². The molecule has 0 aliphatic carbocycles. The van der Waals surface area contributed by atoms with E-state index in [-0.39, 0.29) is 29.4 Å². The van der Waals surface area contributed by atoms with Crippen LogP contribution in [-0.4, -0.2) is 34.3 Å². The van der Waals surface area contributed by atoms with Crippen molar-refractivity contribution in [2.75, 3.05) is 13.6 Å². The van der Waals surface area contributed by atoms with Gasteiger partial charge in [0.1, 0.15) is 12.7 Å². The monoisotopic (exact) mass is 504 g/mol. The Morgan fingerprint density at radius 3 is 2.48 bits per heavy atom. The first-order valence-corrected chi connectivity index (χ1v) is 9.47. The largest absolute Gasteiger partial charge is 0.356 e. The van der Waals surface area contributed by atoms with Gasteiger partial charge in [-0.2, -0.15) is 5.10 Å².